The molecule has 0 aliphatic heterocycles. The van der Waals surface area contributed by atoms with Crippen molar-refractivity contribution >= 4 is 13.8 Å². The monoisotopic (exact) mass is 224 g/mol. The largest absolute Gasteiger partial charge is 1.00 e. The number of hydrogen-bond donors (Lipinski definition) is 0. The maximum atomic E-state index is 10.8. The van der Waals surface area contributed by atoms with Crippen LogP contribution < -0.4 is 58.2 Å². The number of hydrogen-bond acceptors (Lipinski definition) is 2. The summed E-state index contributed by atoms with van der Waals surface area (Å²) < 4.78 is 4.74. The molecule has 0 saturated carbocycles. The zero-order valence-electron chi connectivity index (χ0n) is 7.52. The van der Waals surface area contributed by atoms with E-state index in [1.807, 2.05) is 6.92 Å². The molecule has 0 saturated heterocycles. The van der Waals surface area contributed by atoms with Crippen molar-refractivity contribution < 1.29 is 67.7 Å². The summed E-state index contributed by atoms with van der Waals surface area (Å²) in [5.74, 6) is 0.515. The van der Waals surface area contributed by atoms with Gasteiger partial charge in [-0.2, -0.15) is 13.3 Å². The Bertz CT molecular complexity index is 109. The van der Waals surface area contributed by atoms with Gasteiger partial charge in [0.25, 0.3) is 0 Å². The average Bonchev–Trinajstić information content (AvgIpc) is 1.98. The third-order valence-electron chi connectivity index (χ3n) is 1.23. The molecule has 2 radical (unpaired) electrons. The minimum absolute atomic E-state index is 0. The van der Waals surface area contributed by atoms with Gasteiger partial charge < -0.3 is 4.74 Å². The van der Waals surface area contributed by atoms with Crippen LogP contribution in [0.25, 0.3) is 0 Å². The predicted octanol–water partition coefficient (Wildman–Crippen LogP) is -1.88. The van der Waals surface area contributed by atoms with Crippen molar-refractivity contribution in [3.63, 3.8) is 0 Å². The number of ether oxygens (including phenoxy) is 1. The standard InChI is InChI=1S/C7H12BO2.Rb/c1-3-6(2)7(9)10-5-4-8;/h3-5H2,1-2H3;/q-1;+1. The molecule has 0 unspecified atom stereocenters. The van der Waals surface area contributed by atoms with Gasteiger partial charge in [-0.15, -0.1) is 0 Å². The summed E-state index contributed by atoms with van der Waals surface area (Å²) in [7, 11) is 5.13. The normalized spacial score (nSPS) is 8.18. The Hall–Kier alpha value is 1.21. The third kappa shape index (κ3) is 7.57. The molecule has 0 aliphatic carbocycles. The van der Waals surface area contributed by atoms with Crippen LogP contribution in [0.3, 0.4) is 0 Å². The summed E-state index contributed by atoms with van der Waals surface area (Å²) in [4.78, 5) is 10.8. The molecule has 56 valence electrons. The van der Waals surface area contributed by atoms with Crippen molar-refractivity contribution in [3.8, 4) is 0 Å². The number of rotatable bonds is 4. The van der Waals surface area contributed by atoms with Gasteiger partial charge in [0.1, 0.15) is 0 Å². The van der Waals surface area contributed by atoms with E-state index in [-0.39, 0.29) is 64.2 Å². The first-order valence-corrected chi connectivity index (χ1v) is 3.42. The molecular formula is C7H12BO2Rb. The van der Waals surface area contributed by atoms with E-state index in [0.717, 1.165) is 12.3 Å². The molecular weight excluding hydrogens is 212 g/mol. The van der Waals surface area contributed by atoms with E-state index in [0.29, 0.717) is 12.9 Å². The minimum atomic E-state index is -0.229. The van der Waals surface area contributed by atoms with Gasteiger partial charge in [-0.1, -0.05) is 13.2 Å². The molecule has 0 aromatic rings. The number of carbonyl (C=O) groups excluding carboxylic acids is 1. The first kappa shape index (κ1) is 14.7. The van der Waals surface area contributed by atoms with Gasteiger partial charge in [0.15, 0.2) is 5.97 Å². The van der Waals surface area contributed by atoms with Gasteiger partial charge >= 0.3 is 58.2 Å². The Labute approximate surface area is 119 Å². The van der Waals surface area contributed by atoms with E-state index < -0.39 is 0 Å². The van der Waals surface area contributed by atoms with Crippen molar-refractivity contribution in [2.24, 2.45) is 0 Å². The van der Waals surface area contributed by atoms with Crippen LogP contribution in [0.4, 0.5) is 0 Å². The van der Waals surface area contributed by atoms with E-state index in [4.69, 9.17) is 12.6 Å². The molecule has 0 aromatic carbocycles. The number of esters is 1. The molecule has 0 N–H and O–H groups in total. The summed E-state index contributed by atoms with van der Waals surface area (Å²) in [6, 6.07) is 0. The van der Waals surface area contributed by atoms with E-state index in [9.17, 15) is 4.79 Å². The van der Waals surface area contributed by atoms with Crippen molar-refractivity contribution in [1.29, 1.82) is 0 Å². The van der Waals surface area contributed by atoms with Crippen molar-refractivity contribution in [2.45, 2.75) is 26.6 Å². The molecule has 4 heteroatoms. The van der Waals surface area contributed by atoms with Gasteiger partial charge in [-0.05, 0) is 0 Å². The molecule has 0 atom stereocenters. The smallest absolute Gasteiger partial charge is 0.489 e. The van der Waals surface area contributed by atoms with Crippen LogP contribution in [0.1, 0.15) is 20.3 Å². The van der Waals surface area contributed by atoms with Crippen LogP contribution in [0.2, 0.25) is 6.32 Å². The van der Waals surface area contributed by atoms with Crippen molar-refractivity contribution in [3.05, 3.63) is 5.92 Å². The third-order valence-corrected chi connectivity index (χ3v) is 1.23. The zero-order valence-corrected chi connectivity index (χ0v) is 12.4. The van der Waals surface area contributed by atoms with E-state index >= 15 is 0 Å². The van der Waals surface area contributed by atoms with Gasteiger partial charge in [0.05, 0.1) is 14.5 Å². The van der Waals surface area contributed by atoms with Crippen LogP contribution in [0.5, 0.6) is 0 Å². The molecule has 0 aromatic heterocycles. The molecule has 0 amide bonds. The topological polar surface area (TPSA) is 26.3 Å². The predicted molar refractivity (Wildman–Crippen MR) is 40.7 cm³/mol. The van der Waals surface area contributed by atoms with Crippen LogP contribution in [0.15, 0.2) is 0 Å². The fourth-order valence-corrected chi connectivity index (χ4v) is 0.419. The molecule has 0 aliphatic rings. The molecule has 0 bridgehead atoms. The van der Waals surface area contributed by atoms with Crippen LogP contribution in [-0.2, 0) is 9.53 Å². The average molecular weight is 224 g/mol. The zero-order chi connectivity index (χ0) is 7.98. The fraction of sp³-hybridized carbons (Fsp3) is 0.714. The van der Waals surface area contributed by atoms with Crippen LogP contribution >= 0.6 is 0 Å². The van der Waals surface area contributed by atoms with Gasteiger partial charge in [0.2, 0.25) is 0 Å². The second kappa shape index (κ2) is 9.30. The Kier molecular flexibility index (Phi) is 12.4. The Morgan fingerprint density at radius 1 is 1.64 bits per heavy atom. The van der Waals surface area contributed by atoms with Crippen molar-refractivity contribution in [1.82, 2.24) is 0 Å². The summed E-state index contributed by atoms with van der Waals surface area (Å²) in [5, 5.41) is 0. The summed E-state index contributed by atoms with van der Waals surface area (Å²) in [6.45, 7) is 3.99. The maximum absolute atomic E-state index is 10.8. The maximum Gasteiger partial charge on any atom is 1.00 e. The second-order valence-corrected chi connectivity index (χ2v) is 2.06. The minimum Gasteiger partial charge on any atom is -0.489 e. The second-order valence-electron chi connectivity index (χ2n) is 2.06. The molecule has 2 nitrogen and oxygen atoms in total. The van der Waals surface area contributed by atoms with Crippen molar-refractivity contribution in [2.75, 3.05) is 6.61 Å². The Balaban J connectivity index is 0. The summed E-state index contributed by atoms with van der Waals surface area (Å²) in [6.07, 6.45) is 1.13. The number of carbonyl (C=O) groups is 1. The first-order chi connectivity index (χ1) is 4.72. The molecule has 11 heavy (non-hydrogen) atoms. The van der Waals surface area contributed by atoms with Crippen LogP contribution in [0, 0.1) is 5.92 Å². The van der Waals surface area contributed by atoms with E-state index in [1.165, 1.54) is 0 Å². The Morgan fingerprint density at radius 3 is 2.55 bits per heavy atom. The van der Waals surface area contributed by atoms with Gasteiger partial charge in [-0.3, -0.25) is 10.7 Å². The SMILES string of the molecule is [B]CCOC(=O)[C-](C)CC.[Rb+]. The van der Waals surface area contributed by atoms with Gasteiger partial charge in [0, 0.05) is 0 Å². The molecule has 0 rings (SSSR count). The molecule has 0 spiro atoms. The summed E-state index contributed by atoms with van der Waals surface area (Å²) >= 11 is 0. The summed E-state index contributed by atoms with van der Waals surface area (Å²) in [5.41, 5.74) is 0. The molecule has 0 heterocycles. The Morgan fingerprint density at radius 2 is 2.18 bits per heavy atom. The van der Waals surface area contributed by atoms with E-state index in [2.05, 4.69) is 0 Å². The fourth-order valence-electron chi connectivity index (χ4n) is 0.419. The van der Waals surface area contributed by atoms with Gasteiger partial charge in [-0.25, -0.2) is 0 Å². The first-order valence-electron chi connectivity index (χ1n) is 3.42. The van der Waals surface area contributed by atoms with E-state index in [1.54, 1.807) is 6.92 Å². The van der Waals surface area contributed by atoms with Crippen LogP contribution in [-0.4, -0.2) is 20.4 Å². The molecule has 0 fully saturated rings. The quantitative estimate of drug-likeness (QED) is 0.318.